The van der Waals surface area contributed by atoms with Crippen molar-refractivity contribution in [3.8, 4) is 0 Å². The zero-order valence-electron chi connectivity index (χ0n) is 14.8. The van der Waals surface area contributed by atoms with Crippen LogP contribution in [-0.2, 0) is 9.53 Å². The van der Waals surface area contributed by atoms with Gasteiger partial charge in [-0.1, -0.05) is 13.8 Å². The molecule has 136 valence electrons. The van der Waals surface area contributed by atoms with E-state index in [-0.39, 0.29) is 41.5 Å². The van der Waals surface area contributed by atoms with Gasteiger partial charge in [-0.2, -0.15) is 0 Å². The number of carbonyl (C=O) groups excluding carboxylic acids is 1. The van der Waals surface area contributed by atoms with Crippen LogP contribution in [0.4, 0.5) is 0 Å². The monoisotopic (exact) mass is 338 g/mol. The molecule has 0 aromatic rings. The van der Waals surface area contributed by atoms with Crippen molar-refractivity contribution in [3.63, 3.8) is 0 Å². The summed E-state index contributed by atoms with van der Waals surface area (Å²) in [6.45, 7) is 6.44. The van der Waals surface area contributed by atoms with E-state index in [1.165, 1.54) is 0 Å². The maximum absolute atomic E-state index is 13.3. The fourth-order valence-corrected chi connectivity index (χ4v) is 6.32. The van der Waals surface area contributed by atoms with E-state index in [1.54, 1.807) is 0 Å². The standard InChI is InChI=1S/C19H30O5/c1-9-4-5-19(23)7-12-11-8-24-13(11)6-14(20)18(12,3)17(22)16(21)15(9)10(19)2/h9-16,20-21,23H,4-8H2,1-3H3/t9?,10-,11-,12?,13+,14-,15?,16+,18-,19+/m1/s1. The van der Waals surface area contributed by atoms with Gasteiger partial charge in [-0.25, -0.2) is 0 Å². The lowest BCUT2D eigenvalue weighted by Gasteiger charge is -2.61. The highest BCUT2D eigenvalue weighted by atomic mass is 16.5. The van der Waals surface area contributed by atoms with Crippen molar-refractivity contribution in [1.82, 2.24) is 0 Å². The maximum atomic E-state index is 13.3. The summed E-state index contributed by atoms with van der Waals surface area (Å²) in [4.78, 5) is 13.3. The second-order valence-electron chi connectivity index (χ2n) is 9.18. The van der Waals surface area contributed by atoms with Crippen molar-refractivity contribution < 1.29 is 24.9 Å². The molecule has 0 amide bonds. The van der Waals surface area contributed by atoms with Crippen molar-refractivity contribution >= 4 is 5.78 Å². The van der Waals surface area contributed by atoms with E-state index < -0.39 is 23.2 Å². The summed E-state index contributed by atoms with van der Waals surface area (Å²) < 4.78 is 5.60. The van der Waals surface area contributed by atoms with Gasteiger partial charge in [-0.05, 0) is 49.9 Å². The Kier molecular flexibility index (Phi) is 3.71. The van der Waals surface area contributed by atoms with E-state index in [0.717, 1.165) is 6.42 Å². The first kappa shape index (κ1) is 17.0. The van der Waals surface area contributed by atoms with Gasteiger partial charge in [0.05, 0.1) is 29.8 Å². The van der Waals surface area contributed by atoms with E-state index in [2.05, 4.69) is 6.92 Å². The molecule has 3 N–H and O–H groups in total. The third kappa shape index (κ3) is 1.99. The van der Waals surface area contributed by atoms with Gasteiger partial charge in [-0.3, -0.25) is 4.79 Å². The molecule has 5 nitrogen and oxygen atoms in total. The van der Waals surface area contributed by atoms with Gasteiger partial charge in [-0.15, -0.1) is 0 Å². The molecule has 0 aromatic heterocycles. The molecular weight excluding hydrogens is 308 g/mol. The Bertz CT molecular complexity index is 550. The molecular formula is C19H30O5. The number of carbonyl (C=O) groups is 1. The summed E-state index contributed by atoms with van der Waals surface area (Å²) in [5, 5.41) is 33.1. The molecule has 4 fully saturated rings. The lowest BCUT2D eigenvalue weighted by molar-refractivity contribution is -0.248. The van der Waals surface area contributed by atoms with E-state index in [4.69, 9.17) is 4.74 Å². The highest BCUT2D eigenvalue weighted by molar-refractivity contribution is 5.90. The zero-order chi connectivity index (χ0) is 17.4. The Morgan fingerprint density at radius 1 is 1.25 bits per heavy atom. The predicted octanol–water partition coefficient (Wildman–Crippen LogP) is 1.14. The van der Waals surface area contributed by atoms with Crippen molar-refractivity contribution in [3.05, 3.63) is 0 Å². The molecule has 0 aromatic carbocycles. The van der Waals surface area contributed by atoms with Gasteiger partial charge < -0.3 is 20.1 Å². The number of rotatable bonds is 0. The number of ether oxygens (including phenoxy) is 1. The lowest BCUT2D eigenvalue weighted by Crippen LogP contribution is -2.68. The molecule has 3 aliphatic carbocycles. The van der Waals surface area contributed by atoms with Crippen LogP contribution in [0.3, 0.4) is 0 Å². The van der Waals surface area contributed by atoms with Gasteiger partial charge >= 0.3 is 0 Å². The summed E-state index contributed by atoms with van der Waals surface area (Å²) in [6.07, 6.45) is 0.555. The van der Waals surface area contributed by atoms with Crippen molar-refractivity contribution in [2.24, 2.45) is 35.0 Å². The highest BCUT2D eigenvalue weighted by Gasteiger charge is 2.65. The number of hydrogen-bond donors (Lipinski definition) is 3. The van der Waals surface area contributed by atoms with Crippen LogP contribution in [0, 0.1) is 35.0 Å². The van der Waals surface area contributed by atoms with Crippen LogP contribution in [-0.4, -0.2) is 51.6 Å². The van der Waals surface area contributed by atoms with Crippen LogP contribution in [0.15, 0.2) is 0 Å². The molecule has 24 heavy (non-hydrogen) atoms. The summed E-state index contributed by atoms with van der Waals surface area (Å²) in [7, 11) is 0. The van der Waals surface area contributed by atoms with Crippen LogP contribution in [0.5, 0.6) is 0 Å². The fraction of sp³-hybridized carbons (Fsp3) is 0.947. The van der Waals surface area contributed by atoms with Gasteiger partial charge in [0.15, 0.2) is 5.78 Å². The van der Waals surface area contributed by atoms with E-state index >= 15 is 0 Å². The number of fused-ring (bicyclic) bond motifs is 5. The summed E-state index contributed by atoms with van der Waals surface area (Å²) >= 11 is 0. The van der Waals surface area contributed by atoms with Crippen LogP contribution in [0.2, 0.25) is 0 Å². The molecule has 4 rings (SSSR count). The number of hydrogen-bond acceptors (Lipinski definition) is 5. The van der Waals surface area contributed by atoms with Crippen molar-refractivity contribution in [2.75, 3.05) is 6.61 Å². The van der Waals surface area contributed by atoms with Crippen molar-refractivity contribution in [2.45, 2.75) is 70.4 Å². The molecule has 5 heteroatoms. The van der Waals surface area contributed by atoms with Gasteiger partial charge in [0.25, 0.3) is 0 Å². The largest absolute Gasteiger partial charge is 0.392 e. The fourth-order valence-electron chi connectivity index (χ4n) is 6.32. The highest BCUT2D eigenvalue weighted by Crippen LogP contribution is 2.58. The first-order chi connectivity index (χ1) is 11.2. The predicted molar refractivity (Wildman–Crippen MR) is 87.1 cm³/mol. The van der Waals surface area contributed by atoms with E-state index in [0.29, 0.717) is 25.9 Å². The Morgan fingerprint density at radius 2 is 1.96 bits per heavy atom. The number of aliphatic hydroxyl groups excluding tert-OH is 2. The second-order valence-corrected chi connectivity index (χ2v) is 9.18. The molecule has 3 unspecified atom stereocenters. The topological polar surface area (TPSA) is 87.0 Å². The molecule has 1 saturated heterocycles. The van der Waals surface area contributed by atoms with E-state index in [9.17, 15) is 20.1 Å². The minimum Gasteiger partial charge on any atom is -0.392 e. The third-order valence-corrected chi connectivity index (χ3v) is 8.27. The number of ketones is 1. The molecule has 1 heterocycles. The Balaban J connectivity index is 1.81. The Hall–Kier alpha value is -0.490. The maximum Gasteiger partial charge on any atom is 0.170 e. The van der Waals surface area contributed by atoms with Crippen LogP contribution in [0.25, 0.3) is 0 Å². The molecule has 10 atom stereocenters. The molecule has 3 saturated carbocycles. The lowest BCUT2D eigenvalue weighted by atomic mass is 9.48. The average Bonchev–Trinajstić information content (AvgIpc) is 2.51. The Morgan fingerprint density at radius 3 is 2.58 bits per heavy atom. The number of aliphatic hydroxyl groups is 3. The molecule has 2 bridgehead atoms. The van der Waals surface area contributed by atoms with Crippen LogP contribution >= 0.6 is 0 Å². The first-order valence-electron chi connectivity index (χ1n) is 9.44. The van der Waals surface area contributed by atoms with Crippen LogP contribution in [0.1, 0.15) is 46.5 Å². The smallest absolute Gasteiger partial charge is 0.170 e. The summed E-state index contributed by atoms with van der Waals surface area (Å²) in [5.74, 6) is -0.330. The third-order valence-electron chi connectivity index (χ3n) is 8.27. The zero-order valence-corrected chi connectivity index (χ0v) is 14.8. The SMILES string of the molecule is CC1CC[C@]2(O)CC3[C@H]4CO[C@H]4C[C@@H](O)[C@]3(C)C(=O)[C@@H](O)C1[C@H]2C. The molecule has 1 aliphatic heterocycles. The summed E-state index contributed by atoms with van der Waals surface area (Å²) in [6, 6.07) is 0. The van der Waals surface area contributed by atoms with Gasteiger partial charge in [0.2, 0.25) is 0 Å². The average molecular weight is 338 g/mol. The van der Waals surface area contributed by atoms with Gasteiger partial charge in [0, 0.05) is 12.3 Å². The van der Waals surface area contributed by atoms with Crippen molar-refractivity contribution in [1.29, 1.82) is 0 Å². The van der Waals surface area contributed by atoms with E-state index in [1.807, 2.05) is 13.8 Å². The number of Topliss-reactive ketones (excluding diaryl/α,β-unsaturated/α-hetero) is 1. The minimum atomic E-state index is -1.11. The molecule has 0 radical (unpaired) electrons. The quantitative estimate of drug-likeness (QED) is 0.616. The normalized spacial score (nSPS) is 60.3. The second kappa shape index (κ2) is 5.26. The van der Waals surface area contributed by atoms with Gasteiger partial charge in [0.1, 0.15) is 6.10 Å². The summed E-state index contributed by atoms with van der Waals surface area (Å²) in [5.41, 5.74) is -1.87. The minimum absolute atomic E-state index is 0.0142. The van der Waals surface area contributed by atoms with Crippen LogP contribution < -0.4 is 0 Å². The Labute approximate surface area is 143 Å². The first-order valence-corrected chi connectivity index (χ1v) is 9.44. The molecule has 0 spiro atoms. The molecule has 4 aliphatic rings.